The van der Waals surface area contributed by atoms with Gasteiger partial charge in [-0.1, -0.05) is 40.3 Å². The zero-order valence-corrected chi connectivity index (χ0v) is 28.4. The summed E-state index contributed by atoms with van der Waals surface area (Å²) in [5, 5.41) is 22.8. The van der Waals surface area contributed by atoms with Crippen molar-refractivity contribution in [2.24, 2.45) is 17.4 Å². The lowest BCUT2D eigenvalue weighted by Gasteiger charge is -2.28. The van der Waals surface area contributed by atoms with Gasteiger partial charge in [0.1, 0.15) is 31.0 Å². The molecule has 16 nitrogen and oxygen atoms in total. The quantitative estimate of drug-likeness (QED) is 0.0486. The van der Waals surface area contributed by atoms with Crippen LogP contribution in [0.5, 0.6) is 5.75 Å². The Morgan fingerprint density at radius 2 is 1.65 bits per heavy atom. The van der Waals surface area contributed by atoms with Gasteiger partial charge in [-0.15, -0.1) is 0 Å². The van der Waals surface area contributed by atoms with Crippen molar-refractivity contribution in [1.82, 2.24) is 21.3 Å². The number of ether oxygens (including phenoxy) is 2. The molecule has 0 saturated heterocycles. The van der Waals surface area contributed by atoms with Crippen molar-refractivity contribution in [3.05, 3.63) is 35.9 Å². The number of esters is 1. The number of carboxylic acid groups (broad SMARTS) is 1. The van der Waals surface area contributed by atoms with Crippen LogP contribution in [-0.2, 0) is 35.3 Å². The van der Waals surface area contributed by atoms with Gasteiger partial charge in [0.15, 0.2) is 0 Å². The van der Waals surface area contributed by atoms with Gasteiger partial charge in [-0.2, -0.15) is 0 Å². The third kappa shape index (κ3) is 15.7. The number of rotatable bonds is 22. The number of benzene rings is 1. The van der Waals surface area contributed by atoms with E-state index >= 15 is 0 Å². The average molecular weight is 678 g/mol. The molecule has 0 saturated carbocycles. The molecule has 0 spiro atoms. The fraction of sp³-hybridized carbons (Fsp3) is 0.562. The predicted molar refractivity (Wildman–Crippen MR) is 179 cm³/mol. The van der Waals surface area contributed by atoms with Crippen LogP contribution in [0, 0.1) is 5.92 Å². The lowest BCUT2D eigenvalue weighted by Crippen LogP contribution is -2.58. The van der Waals surface area contributed by atoms with Crippen LogP contribution in [0.2, 0.25) is 0 Å². The van der Waals surface area contributed by atoms with E-state index in [1.165, 1.54) is 6.92 Å². The maximum atomic E-state index is 13.6. The van der Waals surface area contributed by atoms with Crippen LogP contribution in [0.1, 0.15) is 65.9 Å². The zero-order chi connectivity index (χ0) is 36.4. The van der Waals surface area contributed by atoms with E-state index in [2.05, 4.69) is 33.2 Å². The standard InChI is InChI=1S/C32H51N7O9/c1-18(2)27(39-29(43)24(36-20(5)6)11-12-26(40)41)30(44)38-23(8-7-14-35-32(34)46)28(42)37-22-10-9-21(16-25(22)47-15-13-33)17-48-31(45)19(3)4/h9-10,16,18,20,23-24,27,36H,3,7-8,11-15,17,33H2,1-2,4-6H3,(H,37,42)(H,38,44)(H,39,43)(H,40,41)(H3,34,35,46)/t23-,24-,27-/m0/s1. The minimum Gasteiger partial charge on any atom is -0.490 e. The van der Waals surface area contributed by atoms with E-state index < -0.39 is 59.7 Å². The summed E-state index contributed by atoms with van der Waals surface area (Å²) in [5.41, 5.74) is 11.8. The van der Waals surface area contributed by atoms with Crippen molar-refractivity contribution >= 4 is 41.4 Å². The first kappa shape index (κ1) is 41.3. The van der Waals surface area contributed by atoms with E-state index in [1.54, 1.807) is 32.0 Å². The number of carboxylic acids is 1. The number of primary amides is 1. The fourth-order valence-corrected chi connectivity index (χ4v) is 4.34. The highest BCUT2D eigenvalue weighted by Crippen LogP contribution is 2.27. The molecule has 0 radical (unpaired) electrons. The minimum atomic E-state index is -1.12. The summed E-state index contributed by atoms with van der Waals surface area (Å²) in [7, 11) is 0. The number of nitrogens with one attached hydrogen (secondary N) is 5. The molecule has 1 aromatic rings. The number of anilines is 1. The van der Waals surface area contributed by atoms with Gasteiger partial charge in [0.2, 0.25) is 17.7 Å². The first-order valence-electron chi connectivity index (χ1n) is 15.8. The lowest BCUT2D eigenvalue weighted by molar-refractivity contribution is -0.140. The Morgan fingerprint density at radius 1 is 0.958 bits per heavy atom. The van der Waals surface area contributed by atoms with Crippen LogP contribution in [0.3, 0.4) is 0 Å². The molecule has 16 heteroatoms. The predicted octanol–water partition coefficient (Wildman–Crippen LogP) is 0.887. The van der Waals surface area contributed by atoms with Gasteiger partial charge in [0, 0.05) is 31.1 Å². The smallest absolute Gasteiger partial charge is 0.333 e. The number of carbonyl (C=O) groups is 6. The van der Waals surface area contributed by atoms with E-state index in [-0.39, 0.29) is 75.0 Å². The number of hydrogen-bond acceptors (Lipinski definition) is 10. The minimum absolute atomic E-state index is 0.00730. The van der Waals surface area contributed by atoms with Crippen LogP contribution in [0.25, 0.3) is 0 Å². The van der Waals surface area contributed by atoms with Gasteiger partial charge in [-0.05, 0) is 49.8 Å². The largest absolute Gasteiger partial charge is 0.490 e. The molecule has 1 rings (SSSR count). The molecule has 0 unspecified atom stereocenters. The van der Waals surface area contributed by atoms with Crippen molar-refractivity contribution in [3.8, 4) is 5.75 Å². The Bertz CT molecular complexity index is 1290. The van der Waals surface area contributed by atoms with Gasteiger partial charge >= 0.3 is 18.0 Å². The van der Waals surface area contributed by atoms with Crippen LogP contribution < -0.4 is 42.8 Å². The van der Waals surface area contributed by atoms with Gasteiger partial charge in [-0.3, -0.25) is 19.2 Å². The molecule has 0 bridgehead atoms. The molecule has 5 amide bonds. The van der Waals surface area contributed by atoms with E-state index in [4.69, 9.17) is 26.0 Å². The van der Waals surface area contributed by atoms with Crippen molar-refractivity contribution in [3.63, 3.8) is 0 Å². The van der Waals surface area contributed by atoms with Crippen molar-refractivity contribution in [1.29, 1.82) is 0 Å². The van der Waals surface area contributed by atoms with Crippen LogP contribution >= 0.6 is 0 Å². The van der Waals surface area contributed by atoms with E-state index in [1.807, 2.05) is 13.8 Å². The number of aliphatic carboxylic acids is 1. The Labute approximate surface area is 281 Å². The van der Waals surface area contributed by atoms with Crippen molar-refractivity contribution < 1.29 is 43.3 Å². The Hall–Kier alpha value is -4.70. The highest BCUT2D eigenvalue weighted by atomic mass is 16.5. The first-order valence-corrected chi connectivity index (χ1v) is 15.8. The topological polar surface area (TPSA) is 253 Å². The number of nitrogens with two attached hydrogens (primary N) is 2. The molecular formula is C32H51N7O9. The van der Waals surface area contributed by atoms with Crippen molar-refractivity contribution in [2.75, 3.05) is 25.0 Å². The summed E-state index contributed by atoms with van der Waals surface area (Å²) in [6, 6.07) is 0.816. The molecule has 48 heavy (non-hydrogen) atoms. The van der Waals surface area contributed by atoms with E-state index in [9.17, 15) is 28.8 Å². The summed E-state index contributed by atoms with van der Waals surface area (Å²) < 4.78 is 10.9. The Kier molecular flexibility index (Phi) is 18.3. The second kappa shape index (κ2) is 21.2. The van der Waals surface area contributed by atoms with Gasteiger partial charge in [0.05, 0.1) is 11.7 Å². The molecule has 0 heterocycles. The number of hydrogen-bond donors (Lipinski definition) is 8. The van der Waals surface area contributed by atoms with Crippen LogP contribution in [0.15, 0.2) is 30.4 Å². The van der Waals surface area contributed by atoms with Crippen LogP contribution in [0.4, 0.5) is 10.5 Å². The normalized spacial score (nSPS) is 12.8. The van der Waals surface area contributed by atoms with Gasteiger partial charge in [-0.25, -0.2) is 9.59 Å². The molecule has 268 valence electrons. The highest BCUT2D eigenvalue weighted by molar-refractivity contribution is 5.99. The summed E-state index contributed by atoms with van der Waals surface area (Å²) in [4.78, 5) is 74.5. The summed E-state index contributed by atoms with van der Waals surface area (Å²) >= 11 is 0. The average Bonchev–Trinajstić information content (AvgIpc) is 3.00. The molecule has 10 N–H and O–H groups in total. The second-order valence-corrected chi connectivity index (χ2v) is 11.8. The second-order valence-electron chi connectivity index (χ2n) is 11.8. The molecule has 0 aliphatic heterocycles. The SMILES string of the molecule is C=C(C)C(=O)OCc1ccc(NC(=O)[C@H](CCCNC(N)=O)NC(=O)[C@@H](NC(=O)[C@H](CCC(=O)O)NC(C)C)C(C)C)c(OCCN)c1. The molecule has 3 atom stereocenters. The maximum absolute atomic E-state index is 13.6. The molecule has 0 aliphatic carbocycles. The maximum Gasteiger partial charge on any atom is 0.333 e. The number of carbonyl (C=O) groups excluding carboxylic acids is 5. The lowest BCUT2D eigenvalue weighted by atomic mass is 10.0. The summed E-state index contributed by atoms with van der Waals surface area (Å²) in [5.74, 6) is -3.60. The van der Waals surface area contributed by atoms with Crippen LogP contribution in [-0.4, -0.2) is 84.7 Å². The van der Waals surface area contributed by atoms with Gasteiger partial charge in [0.25, 0.3) is 0 Å². The monoisotopic (exact) mass is 677 g/mol. The summed E-state index contributed by atoms with van der Waals surface area (Å²) in [6.45, 7) is 12.5. The number of urea groups is 1. The molecule has 1 aromatic carbocycles. The van der Waals surface area contributed by atoms with Crippen molar-refractivity contribution in [2.45, 2.75) is 91.1 Å². The van der Waals surface area contributed by atoms with E-state index in [0.717, 1.165) is 0 Å². The molecule has 0 aromatic heterocycles. The molecule has 0 fully saturated rings. The third-order valence-corrected chi connectivity index (χ3v) is 6.74. The molecular weight excluding hydrogens is 626 g/mol. The number of amides is 5. The first-order chi connectivity index (χ1) is 22.5. The third-order valence-electron chi connectivity index (χ3n) is 6.74. The summed E-state index contributed by atoms with van der Waals surface area (Å²) in [6.07, 6.45) is 0.0999. The Balaban J connectivity index is 3.24. The molecule has 0 aliphatic rings. The highest BCUT2D eigenvalue weighted by Gasteiger charge is 2.31. The fourth-order valence-electron chi connectivity index (χ4n) is 4.34. The zero-order valence-electron chi connectivity index (χ0n) is 28.4. The van der Waals surface area contributed by atoms with Gasteiger partial charge < -0.3 is 52.6 Å². The van der Waals surface area contributed by atoms with E-state index in [0.29, 0.717) is 5.56 Å². The Morgan fingerprint density at radius 3 is 2.21 bits per heavy atom.